The predicted octanol–water partition coefficient (Wildman–Crippen LogP) is 0.838. The van der Waals surface area contributed by atoms with Gasteiger partial charge in [-0.05, 0) is 25.6 Å². The van der Waals surface area contributed by atoms with Gasteiger partial charge in [0, 0.05) is 24.7 Å². The highest BCUT2D eigenvalue weighted by Crippen LogP contribution is 2.06. The molecule has 0 saturated heterocycles. The molecule has 0 radical (unpaired) electrons. The number of rotatable bonds is 6. The maximum atomic E-state index is 11.4. The van der Waals surface area contributed by atoms with E-state index in [0.717, 1.165) is 24.5 Å². The summed E-state index contributed by atoms with van der Waals surface area (Å²) in [6.07, 6.45) is 0. The average molecular weight is 250 g/mol. The first-order valence-corrected chi connectivity index (χ1v) is 6.22. The largest absolute Gasteiger partial charge is 0.297 e. The Hall–Kier alpha value is -1.46. The van der Waals surface area contributed by atoms with E-state index in [1.165, 1.54) is 0 Å². The molecule has 1 unspecified atom stereocenters. The zero-order valence-corrected chi connectivity index (χ0v) is 11.3. The van der Waals surface area contributed by atoms with Crippen molar-refractivity contribution >= 4 is 5.91 Å². The van der Waals surface area contributed by atoms with Crippen LogP contribution < -0.4 is 11.3 Å². The lowest BCUT2D eigenvalue weighted by molar-refractivity contribution is -0.125. The number of hydrogen-bond donors (Lipinski definition) is 2. The van der Waals surface area contributed by atoms with E-state index < -0.39 is 0 Å². The first-order chi connectivity index (χ1) is 8.56. The molecule has 18 heavy (non-hydrogen) atoms. The summed E-state index contributed by atoms with van der Waals surface area (Å²) in [5, 5.41) is 0. The van der Waals surface area contributed by atoms with Crippen LogP contribution in [0.1, 0.15) is 25.2 Å². The minimum absolute atomic E-state index is 0.125. The maximum Gasteiger partial charge on any atom is 0.237 e. The van der Waals surface area contributed by atoms with Crippen molar-refractivity contribution in [2.45, 2.75) is 27.3 Å². The zero-order valence-electron chi connectivity index (χ0n) is 11.3. The van der Waals surface area contributed by atoms with Crippen molar-refractivity contribution in [1.29, 1.82) is 0 Å². The Labute approximate surface area is 108 Å². The lowest BCUT2D eigenvalue weighted by atomic mass is 10.1. The number of aryl methyl sites for hydroxylation is 1. The summed E-state index contributed by atoms with van der Waals surface area (Å²) in [6.45, 7) is 8.22. The van der Waals surface area contributed by atoms with Crippen LogP contribution in [0.15, 0.2) is 18.2 Å². The number of amides is 1. The Bertz CT molecular complexity index is 394. The number of carbonyl (C=O) groups is 1. The summed E-state index contributed by atoms with van der Waals surface area (Å²) in [6, 6.07) is 5.98. The van der Waals surface area contributed by atoms with Crippen LogP contribution in [0.3, 0.4) is 0 Å². The van der Waals surface area contributed by atoms with Crippen molar-refractivity contribution in [3.8, 4) is 0 Å². The SMILES string of the molecule is CCN(Cc1cccc(C)n1)CC(C)C(=O)NN. The minimum Gasteiger partial charge on any atom is -0.297 e. The molecular formula is C13H22N4O. The number of aromatic nitrogens is 1. The highest BCUT2D eigenvalue weighted by Gasteiger charge is 2.15. The molecule has 0 saturated carbocycles. The molecule has 0 spiro atoms. The molecule has 3 N–H and O–H groups in total. The Balaban J connectivity index is 2.59. The number of nitrogens with zero attached hydrogens (tertiary/aromatic N) is 2. The molecular weight excluding hydrogens is 228 g/mol. The van der Waals surface area contributed by atoms with Gasteiger partial charge in [-0.1, -0.05) is 19.9 Å². The number of hydrogen-bond acceptors (Lipinski definition) is 4. The standard InChI is InChI=1S/C13H22N4O/c1-4-17(8-10(2)13(18)16-14)9-12-7-5-6-11(3)15-12/h5-7,10H,4,8-9,14H2,1-3H3,(H,16,18). The fourth-order valence-electron chi connectivity index (χ4n) is 1.83. The third kappa shape index (κ3) is 4.43. The van der Waals surface area contributed by atoms with Crippen LogP contribution in [0.2, 0.25) is 0 Å². The Morgan fingerprint density at radius 3 is 2.83 bits per heavy atom. The molecule has 5 heteroatoms. The second-order valence-electron chi connectivity index (χ2n) is 4.51. The van der Waals surface area contributed by atoms with Gasteiger partial charge >= 0.3 is 0 Å². The highest BCUT2D eigenvalue weighted by molar-refractivity contribution is 5.77. The minimum atomic E-state index is -0.134. The van der Waals surface area contributed by atoms with E-state index in [1.807, 2.05) is 32.0 Å². The molecule has 1 aromatic rings. The van der Waals surface area contributed by atoms with Gasteiger partial charge in [0.15, 0.2) is 0 Å². The Morgan fingerprint density at radius 1 is 1.56 bits per heavy atom. The molecule has 0 fully saturated rings. The van der Waals surface area contributed by atoms with Crippen LogP contribution in [0, 0.1) is 12.8 Å². The molecule has 0 aliphatic carbocycles. The summed E-state index contributed by atoms with van der Waals surface area (Å²) in [5.74, 6) is 4.87. The van der Waals surface area contributed by atoms with Gasteiger partial charge in [0.1, 0.15) is 0 Å². The summed E-state index contributed by atoms with van der Waals surface area (Å²) in [4.78, 5) is 18.0. The fourth-order valence-corrected chi connectivity index (χ4v) is 1.83. The van der Waals surface area contributed by atoms with E-state index >= 15 is 0 Å². The van der Waals surface area contributed by atoms with Gasteiger partial charge in [-0.2, -0.15) is 0 Å². The lowest BCUT2D eigenvalue weighted by Crippen LogP contribution is -2.40. The van der Waals surface area contributed by atoms with Crippen molar-refractivity contribution in [2.24, 2.45) is 11.8 Å². The van der Waals surface area contributed by atoms with Crippen molar-refractivity contribution in [3.63, 3.8) is 0 Å². The van der Waals surface area contributed by atoms with E-state index in [-0.39, 0.29) is 11.8 Å². The monoisotopic (exact) mass is 250 g/mol. The third-order valence-electron chi connectivity index (χ3n) is 2.90. The van der Waals surface area contributed by atoms with Gasteiger partial charge < -0.3 is 0 Å². The Morgan fingerprint density at radius 2 is 2.28 bits per heavy atom. The van der Waals surface area contributed by atoms with Crippen LogP contribution >= 0.6 is 0 Å². The molecule has 100 valence electrons. The lowest BCUT2D eigenvalue weighted by Gasteiger charge is -2.23. The average Bonchev–Trinajstić information content (AvgIpc) is 2.36. The molecule has 1 rings (SSSR count). The van der Waals surface area contributed by atoms with Gasteiger partial charge in [0.25, 0.3) is 0 Å². The summed E-state index contributed by atoms with van der Waals surface area (Å²) >= 11 is 0. The number of nitrogens with two attached hydrogens (primary N) is 1. The zero-order chi connectivity index (χ0) is 13.5. The molecule has 0 aliphatic heterocycles. The maximum absolute atomic E-state index is 11.4. The van der Waals surface area contributed by atoms with Gasteiger partial charge in [-0.3, -0.25) is 20.1 Å². The molecule has 1 aromatic heterocycles. The smallest absolute Gasteiger partial charge is 0.237 e. The molecule has 0 aliphatic rings. The second-order valence-corrected chi connectivity index (χ2v) is 4.51. The van der Waals surface area contributed by atoms with Gasteiger partial charge in [0.05, 0.1) is 5.69 Å². The van der Waals surface area contributed by atoms with Crippen LogP contribution in [-0.4, -0.2) is 28.9 Å². The Kier molecular flexibility index (Phi) is 5.74. The van der Waals surface area contributed by atoms with E-state index in [4.69, 9.17) is 5.84 Å². The highest BCUT2D eigenvalue weighted by atomic mass is 16.2. The molecule has 1 heterocycles. The van der Waals surface area contributed by atoms with E-state index in [9.17, 15) is 4.79 Å². The van der Waals surface area contributed by atoms with Gasteiger partial charge in [0.2, 0.25) is 5.91 Å². The summed E-state index contributed by atoms with van der Waals surface area (Å²) in [5.41, 5.74) is 4.22. The molecule has 0 aromatic carbocycles. The van der Waals surface area contributed by atoms with Crippen LogP contribution in [0.4, 0.5) is 0 Å². The van der Waals surface area contributed by atoms with E-state index in [0.29, 0.717) is 6.54 Å². The quantitative estimate of drug-likeness (QED) is 0.446. The summed E-state index contributed by atoms with van der Waals surface area (Å²) in [7, 11) is 0. The van der Waals surface area contributed by atoms with Gasteiger partial charge in [-0.25, -0.2) is 5.84 Å². The number of nitrogens with one attached hydrogen (secondary N) is 1. The number of carbonyl (C=O) groups excluding carboxylic acids is 1. The number of pyridine rings is 1. The van der Waals surface area contributed by atoms with Crippen molar-refractivity contribution in [2.75, 3.05) is 13.1 Å². The summed E-state index contributed by atoms with van der Waals surface area (Å²) < 4.78 is 0. The first kappa shape index (κ1) is 14.6. The molecule has 5 nitrogen and oxygen atoms in total. The van der Waals surface area contributed by atoms with E-state index in [2.05, 4.69) is 22.2 Å². The van der Waals surface area contributed by atoms with Crippen molar-refractivity contribution < 1.29 is 4.79 Å². The predicted molar refractivity (Wildman–Crippen MR) is 71.4 cm³/mol. The van der Waals surface area contributed by atoms with Gasteiger partial charge in [-0.15, -0.1) is 0 Å². The number of hydrazine groups is 1. The molecule has 1 atom stereocenters. The fraction of sp³-hybridized carbons (Fsp3) is 0.538. The van der Waals surface area contributed by atoms with Crippen LogP contribution in [-0.2, 0) is 11.3 Å². The molecule has 1 amide bonds. The second kappa shape index (κ2) is 7.08. The van der Waals surface area contributed by atoms with Crippen molar-refractivity contribution in [3.05, 3.63) is 29.6 Å². The van der Waals surface area contributed by atoms with E-state index in [1.54, 1.807) is 0 Å². The molecule has 0 bridgehead atoms. The normalized spacial score (nSPS) is 12.5. The van der Waals surface area contributed by atoms with Crippen molar-refractivity contribution in [1.82, 2.24) is 15.3 Å². The van der Waals surface area contributed by atoms with Crippen LogP contribution in [0.25, 0.3) is 0 Å². The first-order valence-electron chi connectivity index (χ1n) is 6.22. The van der Waals surface area contributed by atoms with Crippen LogP contribution in [0.5, 0.6) is 0 Å². The third-order valence-corrected chi connectivity index (χ3v) is 2.90. The topological polar surface area (TPSA) is 71.2 Å².